The van der Waals surface area contributed by atoms with Crippen molar-refractivity contribution in [3.05, 3.63) is 53.6 Å². The molecule has 0 saturated carbocycles. The molecule has 0 N–H and O–H groups in total. The van der Waals surface area contributed by atoms with Gasteiger partial charge in [0.15, 0.2) is 17.9 Å². The monoisotopic (exact) mass is 474 g/mol. The van der Waals surface area contributed by atoms with Crippen LogP contribution in [0.5, 0.6) is 5.75 Å². The van der Waals surface area contributed by atoms with Gasteiger partial charge in [0.1, 0.15) is 0 Å². The van der Waals surface area contributed by atoms with Crippen molar-refractivity contribution < 1.29 is 27.7 Å². The summed E-state index contributed by atoms with van der Waals surface area (Å²) in [6, 6.07) is 10.6. The van der Waals surface area contributed by atoms with Crippen molar-refractivity contribution in [2.45, 2.75) is 64.8 Å². The number of benzene rings is 2. The Kier molecular flexibility index (Phi) is 8.92. The molecule has 6 heteroatoms. The molecule has 0 bridgehead atoms. The molecule has 34 heavy (non-hydrogen) atoms. The van der Waals surface area contributed by atoms with Gasteiger partial charge in [0.05, 0.1) is 32.5 Å². The number of halogens is 2. The van der Waals surface area contributed by atoms with Gasteiger partial charge in [0.2, 0.25) is 5.82 Å². The molecule has 2 aromatic carbocycles. The summed E-state index contributed by atoms with van der Waals surface area (Å²) in [5.74, 6) is -1.09. The minimum Gasteiger partial charge on any atom is -0.491 e. The lowest BCUT2D eigenvalue weighted by atomic mass is 9.85. The summed E-state index contributed by atoms with van der Waals surface area (Å²) in [5.41, 5.74) is 1.91. The van der Waals surface area contributed by atoms with Gasteiger partial charge in [-0.15, -0.1) is 0 Å². The Balaban J connectivity index is 1.29. The maximum Gasteiger partial charge on any atom is 0.201 e. The smallest absolute Gasteiger partial charge is 0.201 e. The highest BCUT2D eigenvalue weighted by atomic mass is 19.2. The van der Waals surface area contributed by atoms with Crippen LogP contribution in [0.1, 0.15) is 64.0 Å². The third kappa shape index (κ3) is 5.96. The van der Waals surface area contributed by atoms with Crippen molar-refractivity contribution in [1.29, 1.82) is 0 Å². The average Bonchev–Trinajstić information content (AvgIpc) is 2.88. The van der Waals surface area contributed by atoms with E-state index in [9.17, 15) is 8.78 Å². The molecule has 0 aromatic heterocycles. The third-order valence-electron chi connectivity index (χ3n) is 6.95. The first kappa shape index (κ1) is 25.1. The van der Waals surface area contributed by atoms with E-state index < -0.39 is 11.6 Å². The lowest BCUT2D eigenvalue weighted by molar-refractivity contribution is -0.218. The molecule has 2 unspecified atom stereocenters. The van der Waals surface area contributed by atoms with Gasteiger partial charge in [-0.25, -0.2) is 4.39 Å². The number of hydrogen-bond donors (Lipinski definition) is 0. The van der Waals surface area contributed by atoms with Crippen LogP contribution in [0.3, 0.4) is 0 Å². The van der Waals surface area contributed by atoms with Gasteiger partial charge in [0, 0.05) is 11.5 Å². The summed E-state index contributed by atoms with van der Waals surface area (Å²) in [7, 11) is 0. The van der Waals surface area contributed by atoms with Crippen LogP contribution in [-0.2, 0) is 14.2 Å². The van der Waals surface area contributed by atoms with Gasteiger partial charge in [-0.1, -0.05) is 44.0 Å². The van der Waals surface area contributed by atoms with Crippen molar-refractivity contribution in [2.24, 2.45) is 11.8 Å². The Morgan fingerprint density at radius 2 is 1.56 bits per heavy atom. The summed E-state index contributed by atoms with van der Waals surface area (Å²) >= 11 is 0. The van der Waals surface area contributed by atoms with Gasteiger partial charge >= 0.3 is 0 Å². The Bertz CT molecular complexity index is 901. The molecule has 0 aliphatic carbocycles. The first-order chi connectivity index (χ1) is 16.6. The van der Waals surface area contributed by atoms with Crippen molar-refractivity contribution >= 4 is 0 Å². The number of rotatable bonds is 9. The summed E-state index contributed by atoms with van der Waals surface area (Å²) in [6.45, 7) is 6.39. The van der Waals surface area contributed by atoms with E-state index in [4.69, 9.17) is 18.9 Å². The van der Waals surface area contributed by atoms with Gasteiger partial charge in [-0.05, 0) is 61.8 Å². The molecule has 4 nitrogen and oxygen atoms in total. The molecule has 2 saturated heterocycles. The molecule has 0 spiro atoms. The van der Waals surface area contributed by atoms with E-state index >= 15 is 0 Å². The maximum absolute atomic E-state index is 14.5. The molecule has 2 aromatic rings. The molecule has 2 atom stereocenters. The van der Waals surface area contributed by atoms with Gasteiger partial charge in [-0.2, -0.15) is 4.39 Å². The topological polar surface area (TPSA) is 36.9 Å². The Hall–Kier alpha value is -2.02. The maximum atomic E-state index is 14.5. The summed E-state index contributed by atoms with van der Waals surface area (Å²) < 4.78 is 52.0. The predicted octanol–water partition coefficient (Wildman–Crippen LogP) is 7.07. The van der Waals surface area contributed by atoms with Gasteiger partial charge < -0.3 is 18.9 Å². The van der Waals surface area contributed by atoms with Crippen LogP contribution in [-0.4, -0.2) is 32.7 Å². The number of unbranched alkanes of at least 4 members (excludes halogenated alkanes) is 2. The van der Waals surface area contributed by atoms with Crippen molar-refractivity contribution in [3.63, 3.8) is 0 Å². The molecule has 186 valence electrons. The van der Waals surface area contributed by atoms with Gasteiger partial charge in [-0.3, -0.25) is 0 Å². The van der Waals surface area contributed by atoms with Crippen LogP contribution < -0.4 is 4.74 Å². The van der Waals surface area contributed by atoms with E-state index in [1.54, 1.807) is 13.0 Å². The first-order valence-electron chi connectivity index (χ1n) is 12.7. The molecule has 0 amide bonds. The van der Waals surface area contributed by atoms with Crippen LogP contribution in [0.15, 0.2) is 36.4 Å². The molecule has 2 heterocycles. The fourth-order valence-corrected chi connectivity index (χ4v) is 4.86. The largest absolute Gasteiger partial charge is 0.491 e. The molecular formula is C28H36F2O4. The quantitative estimate of drug-likeness (QED) is 0.364. The molecule has 2 aliphatic rings. The van der Waals surface area contributed by atoms with E-state index in [2.05, 4.69) is 6.92 Å². The molecule has 4 rings (SSSR count). The fraction of sp³-hybridized carbons (Fsp3) is 0.571. The summed E-state index contributed by atoms with van der Waals surface area (Å²) in [5, 5.41) is 0. The van der Waals surface area contributed by atoms with Crippen molar-refractivity contribution in [1.82, 2.24) is 0 Å². The van der Waals surface area contributed by atoms with Crippen molar-refractivity contribution in [2.75, 3.05) is 26.4 Å². The molecule has 0 radical (unpaired) electrons. The van der Waals surface area contributed by atoms with Crippen LogP contribution >= 0.6 is 0 Å². The highest BCUT2D eigenvalue weighted by molar-refractivity contribution is 5.65. The van der Waals surface area contributed by atoms with Crippen LogP contribution in [0.4, 0.5) is 8.78 Å². The Labute approximate surface area is 201 Å². The molecule has 2 aliphatic heterocycles. The number of ether oxygens (including phenoxy) is 4. The van der Waals surface area contributed by atoms with E-state index in [-0.39, 0.29) is 30.3 Å². The lowest BCUT2D eigenvalue weighted by Crippen LogP contribution is -2.39. The Morgan fingerprint density at radius 3 is 2.21 bits per heavy atom. The van der Waals surface area contributed by atoms with Gasteiger partial charge in [0.25, 0.3) is 0 Å². The van der Waals surface area contributed by atoms with E-state index in [0.717, 1.165) is 44.5 Å². The van der Waals surface area contributed by atoms with E-state index in [1.165, 1.54) is 18.9 Å². The zero-order valence-corrected chi connectivity index (χ0v) is 20.2. The highest BCUT2D eigenvalue weighted by Gasteiger charge is 2.32. The zero-order chi connectivity index (χ0) is 23.9. The SMILES string of the molecule is CCCCCC1OCC(C2CCC(c3ccc(-c4ccc(OCC)c(F)c4F)cc3)OC2)CO1. The second-order valence-electron chi connectivity index (χ2n) is 9.31. The van der Waals surface area contributed by atoms with Crippen LogP contribution in [0.2, 0.25) is 0 Å². The summed E-state index contributed by atoms with van der Waals surface area (Å²) in [6.07, 6.45) is 6.50. The van der Waals surface area contributed by atoms with E-state index in [0.29, 0.717) is 24.0 Å². The molecular weight excluding hydrogens is 438 g/mol. The predicted molar refractivity (Wildman–Crippen MR) is 128 cm³/mol. The summed E-state index contributed by atoms with van der Waals surface area (Å²) in [4.78, 5) is 0. The highest BCUT2D eigenvalue weighted by Crippen LogP contribution is 2.37. The van der Waals surface area contributed by atoms with Crippen LogP contribution in [0.25, 0.3) is 11.1 Å². The van der Waals surface area contributed by atoms with Crippen LogP contribution in [0, 0.1) is 23.5 Å². The average molecular weight is 475 g/mol. The van der Waals surface area contributed by atoms with Crippen molar-refractivity contribution in [3.8, 4) is 16.9 Å². The normalized spacial score (nSPS) is 25.3. The fourth-order valence-electron chi connectivity index (χ4n) is 4.86. The second-order valence-corrected chi connectivity index (χ2v) is 9.31. The lowest BCUT2D eigenvalue weighted by Gasteiger charge is -2.38. The first-order valence-corrected chi connectivity index (χ1v) is 12.7. The standard InChI is InChI=1S/C28H36F2O4/c1-3-5-6-7-26-33-17-22(18-34-26)21-12-14-24(32-16-21)20-10-8-19(9-11-20)23-13-15-25(31-4-2)28(30)27(23)29/h8-11,13,15,21-22,24,26H,3-7,12,14,16-18H2,1-2H3. The minimum absolute atomic E-state index is 0.0134. The molecule has 2 fully saturated rings. The van der Waals surface area contributed by atoms with E-state index in [1.807, 2.05) is 24.3 Å². The Morgan fingerprint density at radius 1 is 0.824 bits per heavy atom. The third-order valence-corrected chi connectivity index (χ3v) is 6.95. The minimum atomic E-state index is -0.951. The number of hydrogen-bond acceptors (Lipinski definition) is 4. The zero-order valence-electron chi connectivity index (χ0n) is 20.2. The second kappa shape index (κ2) is 12.1.